The van der Waals surface area contributed by atoms with Crippen molar-refractivity contribution in [2.24, 2.45) is 12.1 Å². The highest BCUT2D eigenvalue weighted by atomic mass is 32.1. The molecule has 0 aliphatic carbocycles. The van der Waals surface area contributed by atoms with E-state index in [0.717, 1.165) is 10.2 Å². The standard InChI is InChI=1S/C16H17N5O3S/c1-20-12-5-3-4-6-13(12)25-16(20)18-17-15(23)11-7-8-14(22)21(19-11)9-10-24-2/h3-8H,9-10H2,1-2H3,(H,17,23)/b18-16+. The second-order valence-electron chi connectivity index (χ2n) is 5.24. The first-order chi connectivity index (χ1) is 12.1. The molecule has 1 N–H and O–H groups in total. The Morgan fingerprint density at radius 3 is 2.88 bits per heavy atom. The molecule has 0 aliphatic heterocycles. The largest absolute Gasteiger partial charge is 0.383 e. The van der Waals surface area contributed by atoms with Gasteiger partial charge in [0.2, 0.25) is 4.80 Å². The van der Waals surface area contributed by atoms with Gasteiger partial charge in [-0.2, -0.15) is 5.10 Å². The molecule has 0 saturated carbocycles. The maximum Gasteiger partial charge on any atom is 0.291 e. The number of nitrogens with one attached hydrogen (secondary N) is 1. The summed E-state index contributed by atoms with van der Waals surface area (Å²) in [7, 11) is 3.42. The molecule has 0 bridgehead atoms. The monoisotopic (exact) mass is 359 g/mol. The number of nitrogens with zero attached hydrogens (tertiary/aromatic N) is 4. The van der Waals surface area contributed by atoms with Gasteiger partial charge in [-0.25, -0.2) is 10.1 Å². The number of carbonyl (C=O) groups is 1. The quantitative estimate of drug-likeness (QED) is 0.679. The fourth-order valence-corrected chi connectivity index (χ4v) is 3.23. The number of hydrogen-bond acceptors (Lipinski definition) is 6. The van der Waals surface area contributed by atoms with Crippen LogP contribution in [0.5, 0.6) is 0 Å². The predicted octanol–water partition coefficient (Wildman–Crippen LogP) is 0.689. The number of hydrogen-bond donors (Lipinski definition) is 1. The van der Waals surface area contributed by atoms with Gasteiger partial charge in [0, 0.05) is 20.2 Å². The lowest BCUT2D eigenvalue weighted by Crippen LogP contribution is -2.29. The molecule has 0 aliphatic rings. The fourth-order valence-electron chi connectivity index (χ4n) is 2.25. The minimum Gasteiger partial charge on any atom is -0.383 e. The highest BCUT2D eigenvalue weighted by Gasteiger charge is 2.09. The smallest absolute Gasteiger partial charge is 0.291 e. The van der Waals surface area contributed by atoms with Crippen LogP contribution in [0.3, 0.4) is 0 Å². The number of aromatic nitrogens is 3. The van der Waals surface area contributed by atoms with Gasteiger partial charge in [0.15, 0.2) is 5.69 Å². The van der Waals surface area contributed by atoms with Crippen molar-refractivity contribution >= 4 is 27.5 Å². The maximum atomic E-state index is 12.3. The third-order valence-corrected chi connectivity index (χ3v) is 4.69. The van der Waals surface area contributed by atoms with Crippen molar-refractivity contribution in [2.75, 3.05) is 13.7 Å². The number of carbonyl (C=O) groups excluding carboxylic acids is 1. The van der Waals surface area contributed by atoms with Crippen LogP contribution in [0.1, 0.15) is 10.5 Å². The van der Waals surface area contributed by atoms with E-state index in [-0.39, 0.29) is 17.8 Å². The summed E-state index contributed by atoms with van der Waals surface area (Å²) in [5.41, 5.74) is 3.34. The number of methoxy groups -OCH3 is 1. The van der Waals surface area contributed by atoms with Crippen molar-refractivity contribution in [1.29, 1.82) is 0 Å². The molecule has 3 rings (SSSR count). The molecular formula is C16H17N5O3S. The van der Waals surface area contributed by atoms with E-state index < -0.39 is 5.91 Å². The molecule has 8 nitrogen and oxygen atoms in total. The van der Waals surface area contributed by atoms with Gasteiger partial charge in [-0.05, 0) is 18.2 Å². The first-order valence-corrected chi connectivity index (χ1v) is 8.37. The van der Waals surface area contributed by atoms with Crippen LogP contribution in [0.15, 0.2) is 46.3 Å². The molecule has 2 heterocycles. The Morgan fingerprint density at radius 1 is 1.32 bits per heavy atom. The topological polar surface area (TPSA) is 90.5 Å². The number of amides is 1. The van der Waals surface area contributed by atoms with Crippen molar-refractivity contribution in [3.05, 3.63) is 57.2 Å². The summed E-state index contributed by atoms with van der Waals surface area (Å²) in [6, 6.07) is 10.6. The maximum absolute atomic E-state index is 12.3. The summed E-state index contributed by atoms with van der Waals surface area (Å²) < 4.78 is 9.09. The minimum absolute atomic E-state index is 0.114. The molecule has 9 heteroatoms. The predicted molar refractivity (Wildman–Crippen MR) is 94.2 cm³/mol. The zero-order chi connectivity index (χ0) is 17.8. The Kier molecular flexibility index (Phi) is 5.05. The SMILES string of the molecule is COCCn1nc(C(=O)N/N=c2/sc3ccccc3n2C)ccc1=O. The van der Waals surface area contributed by atoms with Gasteiger partial charge >= 0.3 is 0 Å². The molecule has 130 valence electrons. The molecular weight excluding hydrogens is 342 g/mol. The van der Waals surface area contributed by atoms with Crippen molar-refractivity contribution in [3.8, 4) is 0 Å². The van der Waals surface area contributed by atoms with Crippen LogP contribution in [0.4, 0.5) is 0 Å². The van der Waals surface area contributed by atoms with E-state index in [1.54, 1.807) is 0 Å². The van der Waals surface area contributed by atoms with Gasteiger partial charge in [0.1, 0.15) is 0 Å². The van der Waals surface area contributed by atoms with Gasteiger partial charge in [-0.15, -0.1) is 5.10 Å². The van der Waals surface area contributed by atoms with E-state index in [1.165, 1.54) is 35.3 Å². The average Bonchev–Trinajstić information content (AvgIpc) is 2.95. The van der Waals surface area contributed by atoms with Crippen LogP contribution in [0.25, 0.3) is 10.2 Å². The summed E-state index contributed by atoms with van der Waals surface area (Å²) in [5, 5.41) is 8.20. The van der Waals surface area contributed by atoms with E-state index >= 15 is 0 Å². The van der Waals surface area contributed by atoms with E-state index in [0.29, 0.717) is 11.4 Å². The molecule has 25 heavy (non-hydrogen) atoms. The van der Waals surface area contributed by atoms with Crippen LogP contribution >= 0.6 is 11.3 Å². The third kappa shape index (κ3) is 3.67. The molecule has 1 aromatic carbocycles. The molecule has 0 radical (unpaired) electrons. The van der Waals surface area contributed by atoms with Gasteiger partial charge in [-0.1, -0.05) is 23.5 Å². The lowest BCUT2D eigenvalue weighted by Gasteiger charge is -2.05. The third-order valence-electron chi connectivity index (χ3n) is 3.57. The summed E-state index contributed by atoms with van der Waals surface area (Å²) in [4.78, 5) is 24.6. The number of benzene rings is 1. The van der Waals surface area contributed by atoms with Crippen LogP contribution in [0, 0.1) is 0 Å². The Bertz CT molecular complexity index is 1030. The number of ether oxygens (including phenoxy) is 1. The average molecular weight is 359 g/mol. The lowest BCUT2D eigenvalue weighted by atomic mass is 10.3. The Balaban J connectivity index is 1.84. The van der Waals surface area contributed by atoms with E-state index in [1.807, 2.05) is 35.9 Å². The zero-order valence-electron chi connectivity index (χ0n) is 13.8. The van der Waals surface area contributed by atoms with Gasteiger partial charge in [0.25, 0.3) is 11.5 Å². The van der Waals surface area contributed by atoms with Crippen LogP contribution in [-0.2, 0) is 18.3 Å². The molecule has 1 amide bonds. The number of para-hydroxylation sites is 1. The van der Waals surface area contributed by atoms with Crippen LogP contribution in [0.2, 0.25) is 0 Å². The fraction of sp³-hybridized carbons (Fsp3) is 0.250. The van der Waals surface area contributed by atoms with Gasteiger partial charge in [-0.3, -0.25) is 9.59 Å². The van der Waals surface area contributed by atoms with Crippen molar-refractivity contribution in [2.45, 2.75) is 6.54 Å². The van der Waals surface area contributed by atoms with Crippen LogP contribution in [-0.4, -0.2) is 34.0 Å². The lowest BCUT2D eigenvalue weighted by molar-refractivity contribution is 0.0944. The number of aryl methyl sites for hydroxylation is 1. The first-order valence-electron chi connectivity index (χ1n) is 7.56. The first kappa shape index (κ1) is 17.1. The van der Waals surface area contributed by atoms with E-state index in [2.05, 4.69) is 15.6 Å². The minimum atomic E-state index is -0.483. The number of fused-ring (bicyclic) bond motifs is 1. The number of thiazole rings is 1. The second-order valence-corrected chi connectivity index (χ2v) is 6.25. The molecule has 0 spiro atoms. The summed E-state index contributed by atoms with van der Waals surface area (Å²) >= 11 is 1.47. The molecule has 3 aromatic rings. The van der Waals surface area contributed by atoms with Crippen molar-refractivity contribution in [1.82, 2.24) is 19.8 Å². The van der Waals surface area contributed by atoms with Crippen LogP contribution < -0.4 is 15.8 Å². The second kappa shape index (κ2) is 7.41. The van der Waals surface area contributed by atoms with Gasteiger partial charge < -0.3 is 9.30 Å². The van der Waals surface area contributed by atoms with Gasteiger partial charge in [0.05, 0.1) is 23.4 Å². The Morgan fingerprint density at radius 2 is 2.12 bits per heavy atom. The molecule has 0 unspecified atom stereocenters. The van der Waals surface area contributed by atoms with Crippen molar-refractivity contribution < 1.29 is 9.53 Å². The molecule has 0 fully saturated rings. The summed E-state index contributed by atoms with van der Waals surface area (Å²) in [6.07, 6.45) is 0. The number of rotatable bonds is 5. The van der Waals surface area contributed by atoms with E-state index in [9.17, 15) is 9.59 Å². The normalized spacial score (nSPS) is 11.8. The Hall–Kier alpha value is -2.78. The highest BCUT2D eigenvalue weighted by molar-refractivity contribution is 7.16. The highest BCUT2D eigenvalue weighted by Crippen LogP contribution is 2.14. The zero-order valence-corrected chi connectivity index (χ0v) is 14.6. The summed E-state index contributed by atoms with van der Waals surface area (Å²) in [6.45, 7) is 0.610. The van der Waals surface area contributed by atoms with Crippen molar-refractivity contribution in [3.63, 3.8) is 0 Å². The Labute approximate surface area is 147 Å². The summed E-state index contributed by atoms with van der Waals surface area (Å²) in [5.74, 6) is -0.483. The molecule has 0 atom stereocenters. The molecule has 0 saturated heterocycles. The van der Waals surface area contributed by atoms with E-state index in [4.69, 9.17) is 4.74 Å². The molecule has 2 aromatic heterocycles.